The van der Waals surface area contributed by atoms with E-state index in [4.69, 9.17) is 27.9 Å². The Morgan fingerprint density at radius 3 is 2.28 bits per heavy atom. The zero-order valence-corrected chi connectivity index (χ0v) is 16.8. The molecule has 2 aromatic carbocycles. The van der Waals surface area contributed by atoms with Crippen LogP contribution >= 0.6 is 23.2 Å². The Morgan fingerprint density at radius 1 is 1.00 bits per heavy atom. The lowest BCUT2D eigenvalue weighted by molar-refractivity contribution is 0.260. The molecule has 0 aliphatic rings. The molecule has 2 aromatic rings. The highest BCUT2D eigenvalue weighted by molar-refractivity contribution is 6.35. The summed E-state index contributed by atoms with van der Waals surface area (Å²) < 4.78 is 5.84. The normalized spacial score (nSPS) is 12.4. The molecule has 0 fully saturated rings. The van der Waals surface area contributed by atoms with E-state index >= 15 is 0 Å². The van der Waals surface area contributed by atoms with Crippen molar-refractivity contribution >= 4 is 23.2 Å². The third kappa shape index (κ3) is 6.54. The summed E-state index contributed by atoms with van der Waals surface area (Å²) in [7, 11) is 0. The molecule has 0 radical (unpaired) electrons. The van der Waals surface area contributed by atoms with Gasteiger partial charge in [-0.3, -0.25) is 0 Å². The minimum atomic E-state index is 0.438. The van der Waals surface area contributed by atoms with Crippen molar-refractivity contribution in [2.45, 2.75) is 33.8 Å². The van der Waals surface area contributed by atoms with Crippen LogP contribution in [-0.4, -0.2) is 24.5 Å². The largest absolute Gasteiger partial charge is 0.489 e. The Hall–Kier alpha value is -1.22. The fourth-order valence-electron chi connectivity index (χ4n) is 2.91. The van der Waals surface area contributed by atoms with Gasteiger partial charge in [0.2, 0.25) is 0 Å². The molecule has 4 heteroatoms. The highest BCUT2D eigenvalue weighted by Gasteiger charge is 2.08. The van der Waals surface area contributed by atoms with Crippen LogP contribution in [0.4, 0.5) is 0 Å². The first-order valence-corrected chi connectivity index (χ1v) is 9.65. The van der Waals surface area contributed by atoms with Gasteiger partial charge in [-0.15, -0.1) is 0 Å². The van der Waals surface area contributed by atoms with E-state index in [9.17, 15) is 0 Å². The number of hydrogen-bond donors (Lipinski definition) is 0. The number of hydrogen-bond acceptors (Lipinski definition) is 2. The molecule has 0 aliphatic carbocycles. The first kappa shape index (κ1) is 20.1. The topological polar surface area (TPSA) is 12.5 Å². The van der Waals surface area contributed by atoms with Gasteiger partial charge in [-0.05, 0) is 55.3 Å². The van der Waals surface area contributed by atoms with Gasteiger partial charge in [-0.1, -0.05) is 62.2 Å². The van der Waals surface area contributed by atoms with Crippen molar-refractivity contribution in [1.82, 2.24) is 4.90 Å². The van der Waals surface area contributed by atoms with Gasteiger partial charge in [-0.25, -0.2) is 0 Å². The maximum Gasteiger partial charge on any atom is 0.119 e. The SMILES string of the molecule is CCN(CC)CC(C)Cc1ccc(OCc2ccc(Cl)cc2Cl)cc1. The molecule has 2 rings (SSSR count). The Balaban J connectivity index is 1.87. The summed E-state index contributed by atoms with van der Waals surface area (Å²) in [6.07, 6.45) is 1.08. The zero-order valence-electron chi connectivity index (χ0n) is 15.3. The predicted octanol–water partition coefficient (Wildman–Crippen LogP) is 6.09. The summed E-state index contributed by atoms with van der Waals surface area (Å²) in [5.74, 6) is 1.49. The van der Waals surface area contributed by atoms with Crippen molar-refractivity contribution in [3.8, 4) is 5.75 Å². The number of benzene rings is 2. The van der Waals surface area contributed by atoms with Crippen LogP contribution in [0, 0.1) is 5.92 Å². The summed E-state index contributed by atoms with van der Waals surface area (Å²) in [5.41, 5.74) is 2.28. The third-order valence-corrected chi connectivity index (χ3v) is 4.97. The van der Waals surface area contributed by atoms with Crippen LogP contribution in [0.5, 0.6) is 5.75 Å². The summed E-state index contributed by atoms with van der Waals surface area (Å²) in [6.45, 7) is 10.5. The van der Waals surface area contributed by atoms with Gasteiger partial charge < -0.3 is 9.64 Å². The molecule has 0 bridgehead atoms. The smallest absolute Gasteiger partial charge is 0.119 e. The average molecular weight is 380 g/mol. The van der Waals surface area contributed by atoms with Crippen molar-refractivity contribution in [3.63, 3.8) is 0 Å². The maximum atomic E-state index is 6.18. The number of halogens is 2. The Bertz CT molecular complexity index is 653. The summed E-state index contributed by atoms with van der Waals surface area (Å²) in [6, 6.07) is 13.8. The first-order valence-electron chi connectivity index (χ1n) is 8.89. The second-order valence-electron chi connectivity index (χ2n) is 6.46. The van der Waals surface area contributed by atoms with Crippen molar-refractivity contribution in [1.29, 1.82) is 0 Å². The molecule has 1 unspecified atom stereocenters. The fraction of sp³-hybridized carbons (Fsp3) is 0.429. The van der Waals surface area contributed by atoms with Crippen molar-refractivity contribution in [2.24, 2.45) is 5.92 Å². The van der Waals surface area contributed by atoms with Crippen LogP contribution in [0.15, 0.2) is 42.5 Å². The highest BCUT2D eigenvalue weighted by Crippen LogP contribution is 2.23. The molecule has 0 amide bonds. The van der Waals surface area contributed by atoms with Crippen molar-refractivity contribution in [3.05, 3.63) is 63.6 Å². The van der Waals surface area contributed by atoms with E-state index in [2.05, 4.69) is 37.8 Å². The minimum Gasteiger partial charge on any atom is -0.489 e. The molecule has 0 spiro atoms. The van der Waals surface area contributed by atoms with Gasteiger partial charge in [-0.2, -0.15) is 0 Å². The molecule has 0 aliphatic heterocycles. The van der Waals surface area contributed by atoms with Gasteiger partial charge >= 0.3 is 0 Å². The zero-order chi connectivity index (χ0) is 18.2. The van der Waals surface area contributed by atoms with E-state index in [0.29, 0.717) is 22.6 Å². The third-order valence-electron chi connectivity index (χ3n) is 4.38. The van der Waals surface area contributed by atoms with Gasteiger partial charge in [0.15, 0.2) is 0 Å². The fourth-order valence-corrected chi connectivity index (χ4v) is 3.37. The van der Waals surface area contributed by atoms with E-state index in [0.717, 1.165) is 37.4 Å². The van der Waals surface area contributed by atoms with Gasteiger partial charge in [0.05, 0.1) is 0 Å². The quantitative estimate of drug-likeness (QED) is 0.522. The molecule has 25 heavy (non-hydrogen) atoms. The molecule has 0 heterocycles. The van der Waals surface area contributed by atoms with E-state index in [1.165, 1.54) is 5.56 Å². The molecule has 0 saturated heterocycles. The number of rotatable bonds is 9. The summed E-state index contributed by atoms with van der Waals surface area (Å²) in [5, 5.41) is 1.27. The lowest BCUT2D eigenvalue weighted by Gasteiger charge is -2.22. The summed E-state index contributed by atoms with van der Waals surface area (Å²) >= 11 is 12.1. The van der Waals surface area contributed by atoms with E-state index in [1.807, 2.05) is 24.3 Å². The molecular formula is C21H27Cl2NO. The molecular weight excluding hydrogens is 353 g/mol. The van der Waals surface area contributed by atoms with Crippen molar-refractivity contribution < 1.29 is 4.74 Å². The lowest BCUT2D eigenvalue weighted by Crippen LogP contribution is -2.28. The summed E-state index contributed by atoms with van der Waals surface area (Å²) in [4.78, 5) is 2.47. The van der Waals surface area contributed by atoms with Crippen LogP contribution in [0.25, 0.3) is 0 Å². The highest BCUT2D eigenvalue weighted by atomic mass is 35.5. The number of ether oxygens (including phenoxy) is 1. The number of nitrogens with zero attached hydrogens (tertiary/aromatic N) is 1. The Morgan fingerprint density at radius 2 is 1.68 bits per heavy atom. The van der Waals surface area contributed by atoms with E-state index < -0.39 is 0 Å². The maximum absolute atomic E-state index is 6.18. The monoisotopic (exact) mass is 379 g/mol. The van der Waals surface area contributed by atoms with E-state index in [1.54, 1.807) is 6.07 Å². The van der Waals surface area contributed by atoms with Crippen LogP contribution in [0.1, 0.15) is 31.9 Å². The van der Waals surface area contributed by atoms with Gasteiger partial charge in [0.1, 0.15) is 12.4 Å². The average Bonchev–Trinajstić information content (AvgIpc) is 2.60. The Labute approximate surface area is 161 Å². The van der Waals surface area contributed by atoms with Crippen LogP contribution < -0.4 is 4.74 Å². The second-order valence-corrected chi connectivity index (χ2v) is 7.31. The molecule has 0 N–H and O–H groups in total. The molecule has 0 aromatic heterocycles. The van der Waals surface area contributed by atoms with E-state index in [-0.39, 0.29) is 0 Å². The molecule has 0 saturated carbocycles. The lowest BCUT2D eigenvalue weighted by atomic mass is 10.0. The van der Waals surface area contributed by atoms with Crippen LogP contribution in [0.3, 0.4) is 0 Å². The van der Waals surface area contributed by atoms with Gasteiger partial charge in [0.25, 0.3) is 0 Å². The molecule has 2 nitrogen and oxygen atoms in total. The predicted molar refractivity (Wildman–Crippen MR) is 108 cm³/mol. The minimum absolute atomic E-state index is 0.438. The molecule has 136 valence electrons. The second kappa shape index (κ2) is 10.1. The van der Waals surface area contributed by atoms with Gasteiger partial charge in [0, 0.05) is 22.2 Å². The van der Waals surface area contributed by atoms with Crippen LogP contribution in [-0.2, 0) is 13.0 Å². The Kier molecular flexibility index (Phi) is 8.08. The van der Waals surface area contributed by atoms with Crippen LogP contribution in [0.2, 0.25) is 10.0 Å². The van der Waals surface area contributed by atoms with Crippen molar-refractivity contribution in [2.75, 3.05) is 19.6 Å². The first-order chi connectivity index (χ1) is 12.0. The molecule has 1 atom stereocenters. The standard InChI is InChI=1S/C21H27Cl2NO/c1-4-24(5-2)14-16(3)12-17-6-10-20(11-7-17)25-15-18-8-9-19(22)13-21(18)23/h6-11,13,16H,4-5,12,14-15H2,1-3H3.